The van der Waals surface area contributed by atoms with Crippen LogP contribution in [0, 0.1) is 0 Å². The highest BCUT2D eigenvalue weighted by Crippen LogP contribution is 2.18. The van der Waals surface area contributed by atoms with Gasteiger partial charge in [-0.2, -0.15) is 0 Å². The molecule has 0 saturated carbocycles. The highest BCUT2D eigenvalue weighted by atomic mass is 32.2. The van der Waals surface area contributed by atoms with E-state index in [1.807, 2.05) is 19.9 Å². The van der Waals surface area contributed by atoms with E-state index in [1.165, 1.54) is 0 Å². The highest BCUT2D eigenvalue weighted by molar-refractivity contribution is 7.89. The van der Waals surface area contributed by atoms with Crippen molar-refractivity contribution >= 4 is 10.0 Å². The predicted octanol–water partition coefficient (Wildman–Crippen LogP) is 2.17. The molecule has 1 aromatic carbocycles. The summed E-state index contributed by atoms with van der Waals surface area (Å²) < 4.78 is 26.6. The lowest BCUT2D eigenvalue weighted by Crippen LogP contribution is -2.25. The first kappa shape index (κ1) is 15.1. The van der Waals surface area contributed by atoms with E-state index in [4.69, 9.17) is 5.73 Å². The second-order valence-corrected chi connectivity index (χ2v) is 6.11. The lowest BCUT2D eigenvalue weighted by molar-refractivity contribution is 0.578. The largest absolute Gasteiger partial charge is 0.324 e. The second-order valence-electron chi connectivity index (χ2n) is 4.34. The van der Waals surface area contributed by atoms with Crippen molar-refractivity contribution in [1.82, 2.24) is 4.72 Å². The second kappa shape index (κ2) is 6.87. The summed E-state index contributed by atoms with van der Waals surface area (Å²) in [6, 6.07) is 6.73. The maximum absolute atomic E-state index is 12.0. The fourth-order valence-corrected chi connectivity index (χ4v) is 2.74. The van der Waals surface area contributed by atoms with Gasteiger partial charge in [0.15, 0.2) is 0 Å². The van der Waals surface area contributed by atoms with Gasteiger partial charge in [0.05, 0.1) is 4.90 Å². The van der Waals surface area contributed by atoms with E-state index >= 15 is 0 Å². The highest BCUT2D eigenvalue weighted by Gasteiger charge is 2.14. The Kier molecular flexibility index (Phi) is 5.78. The molecule has 18 heavy (non-hydrogen) atoms. The van der Waals surface area contributed by atoms with Crippen LogP contribution in [-0.4, -0.2) is 15.0 Å². The van der Waals surface area contributed by atoms with E-state index in [1.54, 1.807) is 18.2 Å². The Morgan fingerprint density at radius 1 is 1.33 bits per heavy atom. The minimum atomic E-state index is -3.40. The molecule has 0 amide bonds. The predicted molar refractivity (Wildman–Crippen MR) is 73.8 cm³/mol. The van der Waals surface area contributed by atoms with Crippen LogP contribution >= 0.6 is 0 Å². The maximum atomic E-state index is 12.0. The summed E-state index contributed by atoms with van der Waals surface area (Å²) in [5, 5.41) is 0. The number of benzene rings is 1. The molecular weight excluding hydrogens is 248 g/mol. The zero-order chi connectivity index (χ0) is 13.6. The topological polar surface area (TPSA) is 72.2 Å². The number of hydrogen-bond acceptors (Lipinski definition) is 3. The lowest BCUT2D eigenvalue weighted by Gasteiger charge is -2.11. The minimum Gasteiger partial charge on any atom is -0.324 e. The van der Waals surface area contributed by atoms with Crippen LogP contribution in [-0.2, 0) is 10.0 Å². The molecule has 0 aliphatic carbocycles. The number of sulfonamides is 1. The summed E-state index contributed by atoms with van der Waals surface area (Å²) in [6.45, 7) is 4.48. The van der Waals surface area contributed by atoms with Gasteiger partial charge in [0.1, 0.15) is 0 Å². The van der Waals surface area contributed by atoms with Crippen LogP contribution in [0.3, 0.4) is 0 Å². The van der Waals surface area contributed by atoms with Gasteiger partial charge in [-0.15, -0.1) is 0 Å². The standard InChI is InChI=1S/C13H22N2O2S/c1-3-5-9-15-18(16,17)12-8-6-7-11(10-12)13(14)4-2/h6-8,10,13,15H,3-5,9,14H2,1-2H3. The molecule has 0 radical (unpaired) electrons. The number of nitrogens with two attached hydrogens (primary N) is 1. The molecule has 0 aliphatic heterocycles. The Hall–Kier alpha value is -0.910. The quantitative estimate of drug-likeness (QED) is 0.746. The Labute approximate surface area is 110 Å². The normalized spacial score (nSPS) is 13.5. The molecule has 0 fully saturated rings. The Balaban J connectivity index is 2.88. The SMILES string of the molecule is CCCCNS(=O)(=O)c1cccc(C(N)CC)c1. The number of rotatable bonds is 7. The summed E-state index contributed by atoms with van der Waals surface area (Å²) in [7, 11) is -3.40. The number of unbranched alkanes of at least 4 members (excludes halogenated alkanes) is 1. The smallest absolute Gasteiger partial charge is 0.240 e. The van der Waals surface area contributed by atoms with Crippen LogP contribution in [0.2, 0.25) is 0 Å². The summed E-state index contributed by atoms with van der Waals surface area (Å²) in [5.74, 6) is 0. The van der Waals surface area contributed by atoms with Crippen LogP contribution in [0.25, 0.3) is 0 Å². The van der Waals surface area contributed by atoms with Gasteiger partial charge in [-0.25, -0.2) is 13.1 Å². The van der Waals surface area contributed by atoms with Gasteiger partial charge in [0.2, 0.25) is 10.0 Å². The number of nitrogens with one attached hydrogen (secondary N) is 1. The third-order valence-electron chi connectivity index (χ3n) is 2.86. The first-order valence-corrected chi connectivity index (χ1v) is 7.84. The molecule has 5 heteroatoms. The molecule has 0 saturated heterocycles. The van der Waals surface area contributed by atoms with Gasteiger partial charge in [-0.3, -0.25) is 0 Å². The van der Waals surface area contributed by atoms with Crippen molar-refractivity contribution in [3.8, 4) is 0 Å². The van der Waals surface area contributed by atoms with Crippen molar-refractivity contribution < 1.29 is 8.42 Å². The third kappa shape index (κ3) is 4.08. The molecule has 0 aliphatic rings. The van der Waals surface area contributed by atoms with Crippen molar-refractivity contribution in [3.05, 3.63) is 29.8 Å². The number of hydrogen-bond donors (Lipinski definition) is 2. The van der Waals surface area contributed by atoms with Crippen molar-refractivity contribution in [2.75, 3.05) is 6.54 Å². The molecule has 0 aromatic heterocycles. The molecule has 3 N–H and O–H groups in total. The van der Waals surface area contributed by atoms with Gasteiger partial charge in [-0.1, -0.05) is 32.4 Å². The van der Waals surface area contributed by atoms with Crippen molar-refractivity contribution in [2.45, 2.75) is 44.0 Å². The minimum absolute atomic E-state index is 0.115. The first-order valence-electron chi connectivity index (χ1n) is 6.36. The molecule has 1 atom stereocenters. The first-order chi connectivity index (χ1) is 8.51. The van der Waals surface area contributed by atoms with Crippen molar-refractivity contribution in [2.24, 2.45) is 5.73 Å². The molecule has 102 valence electrons. The van der Waals surface area contributed by atoms with E-state index in [2.05, 4.69) is 4.72 Å². The van der Waals surface area contributed by atoms with E-state index in [0.29, 0.717) is 11.4 Å². The van der Waals surface area contributed by atoms with E-state index in [9.17, 15) is 8.42 Å². The Morgan fingerprint density at radius 2 is 2.06 bits per heavy atom. The van der Waals surface area contributed by atoms with Crippen LogP contribution in [0.1, 0.15) is 44.7 Å². The van der Waals surface area contributed by atoms with E-state index < -0.39 is 10.0 Å². The van der Waals surface area contributed by atoms with Gasteiger partial charge in [0, 0.05) is 12.6 Å². The van der Waals surface area contributed by atoms with Gasteiger partial charge in [-0.05, 0) is 30.5 Å². The fourth-order valence-electron chi connectivity index (χ4n) is 1.61. The molecule has 0 spiro atoms. The summed E-state index contributed by atoms with van der Waals surface area (Å²) >= 11 is 0. The summed E-state index contributed by atoms with van der Waals surface area (Å²) in [4.78, 5) is 0.292. The molecule has 4 nitrogen and oxygen atoms in total. The molecular formula is C13H22N2O2S. The van der Waals surface area contributed by atoms with Gasteiger partial charge >= 0.3 is 0 Å². The zero-order valence-electron chi connectivity index (χ0n) is 11.0. The maximum Gasteiger partial charge on any atom is 0.240 e. The summed E-state index contributed by atoms with van der Waals surface area (Å²) in [6.07, 6.45) is 2.59. The van der Waals surface area contributed by atoms with E-state index in [0.717, 1.165) is 24.8 Å². The molecule has 0 bridgehead atoms. The zero-order valence-corrected chi connectivity index (χ0v) is 11.8. The fraction of sp³-hybridized carbons (Fsp3) is 0.538. The van der Waals surface area contributed by atoms with E-state index in [-0.39, 0.29) is 6.04 Å². The van der Waals surface area contributed by atoms with Crippen LogP contribution in [0.15, 0.2) is 29.2 Å². The van der Waals surface area contributed by atoms with Gasteiger partial charge < -0.3 is 5.73 Å². The average Bonchev–Trinajstić information content (AvgIpc) is 2.38. The van der Waals surface area contributed by atoms with Gasteiger partial charge in [0.25, 0.3) is 0 Å². The van der Waals surface area contributed by atoms with Crippen LogP contribution in [0.4, 0.5) is 0 Å². The lowest BCUT2D eigenvalue weighted by atomic mass is 10.1. The van der Waals surface area contributed by atoms with Crippen molar-refractivity contribution in [3.63, 3.8) is 0 Å². The van der Waals surface area contributed by atoms with Crippen LogP contribution < -0.4 is 10.5 Å². The average molecular weight is 270 g/mol. The Morgan fingerprint density at radius 3 is 2.67 bits per heavy atom. The third-order valence-corrected chi connectivity index (χ3v) is 4.32. The molecule has 1 rings (SSSR count). The summed E-state index contributed by atoms with van der Waals surface area (Å²) in [5.41, 5.74) is 6.77. The molecule has 1 unspecified atom stereocenters. The van der Waals surface area contributed by atoms with Crippen molar-refractivity contribution in [1.29, 1.82) is 0 Å². The Bertz CT molecular complexity index is 472. The monoisotopic (exact) mass is 270 g/mol. The van der Waals surface area contributed by atoms with Crippen LogP contribution in [0.5, 0.6) is 0 Å². The molecule has 0 heterocycles. The molecule has 1 aromatic rings.